The van der Waals surface area contributed by atoms with Crippen molar-refractivity contribution in [1.29, 1.82) is 0 Å². The molecule has 2 saturated heterocycles. The second kappa shape index (κ2) is 18.8. The topological polar surface area (TPSA) is 34.1 Å². The molecule has 0 radical (unpaired) electrons. The van der Waals surface area contributed by atoms with Crippen LogP contribution in [0.5, 0.6) is 0 Å². The summed E-state index contributed by atoms with van der Waals surface area (Å²) in [7, 11) is 0. The second-order valence-electron chi connectivity index (χ2n) is 8.31. The SMILES string of the molecule is C=C(C)C(=O)SCC1CSC(CCCSCCSCCCC2SCC(CSC(=O)C(=C)C)S2)S1. The van der Waals surface area contributed by atoms with Gasteiger partial charge in [0.25, 0.3) is 0 Å². The molecule has 0 aromatic carbocycles. The van der Waals surface area contributed by atoms with Crippen LogP contribution in [0.3, 0.4) is 0 Å². The van der Waals surface area contributed by atoms with Crippen molar-refractivity contribution in [2.75, 3.05) is 46.0 Å². The molecule has 34 heavy (non-hydrogen) atoms. The summed E-state index contributed by atoms with van der Waals surface area (Å²) >= 11 is 15.4. The first-order valence-electron chi connectivity index (χ1n) is 11.7. The van der Waals surface area contributed by atoms with Crippen LogP contribution in [0, 0.1) is 0 Å². The van der Waals surface area contributed by atoms with Crippen LogP contribution in [0.25, 0.3) is 0 Å². The largest absolute Gasteiger partial charge is 0.282 e. The average Bonchev–Trinajstić information content (AvgIpc) is 3.46. The molecule has 0 bridgehead atoms. The molecule has 0 aliphatic carbocycles. The van der Waals surface area contributed by atoms with Crippen LogP contribution in [0.4, 0.5) is 0 Å². The van der Waals surface area contributed by atoms with Gasteiger partial charge in [0.15, 0.2) is 0 Å². The van der Waals surface area contributed by atoms with Gasteiger partial charge in [-0.2, -0.15) is 23.5 Å². The van der Waals surface area contributed by atoms with Gasteiger partial charge in [-0.3, -0.25) is 9.59 Å². The van der Waals surface area contributed by atoms with Gasteiger partial charge >= 0.3 is 0 Å². The summed E-state index contributed by atoms with van der Waals surface area (Å²) in [5.74, 6) is 9.30. The molecule has 0 spiro atoms. The van der Waals surface area contributed by atoms with E-state index in [1.807, 2.05) is 0 Å². The molecule has 2 fully saturated rings. The molecule has 10 heteroatoms. The fraction of sp³-hybridized carbons (Fsp3) is 0.750. The van der Waals surface area contributed by atoms with E-state index in [0.717, 1.165) is 20.7 Å². The highest BCUT2D eigenvalue weighted by atomic mass is 32.2. The smallest absolute Gasteiger partial charge is 0.214 e. The van der Waals surface area contributed by atoms with E-state index in [2.05, 4.69) is 83.7 Å². The van der Waals surface area contributed by atoms with Crippen LogP contribution in [-0.2, 0) is 9.59 Å². The molecule has 2 rings (SSSR count). The molecule has 2 nitrogen and oxygen atoms in total. The molecule has 4 atom stereocenters. The number of thioether (sulfide) groups is 8. The van der Waals surface area contributed by atoms with Crippen LogP contribution in [0.1, 0.15) is 39.5 Å². The van der Waals surface area contributed by atoms with Gasteiger partial charge in [0.1, 0.15) is 0 Å². The highest BCUT2D eigenvalue weighted by Crippen LogP contribution is 2.43. The Kier molecular flexibility index (Phi) is 17.6. The predicted octanol–water partition coefficient (Wildman–Crippen LogP) is 8.03. The molecule has 0 amide bonds. The molecule has 2 aliphatic rings. The van der Waals surface area contributed by atoms with Gasteiger partial charge in [-0.15, -0.1) is 47.0 Å². The third-order valence-electron chi connectivity index (χ3n) is 4.95. The van der Waals surface area contributed by atoms with E-state index < -0.39 is 0 Å². The molecule has 0 aromatic heterocycles. The molecular weight excluding hydrogens is 577 g/mol. The van der Waals surface area contributed by atoms with Gasteiger partial charge in [0, 0.05) is 45.0 Å². The Morgan fingerprint density at radius 2 is 1.15 bits per heavy atom. The number of carbonyl (C=O) groups is 2. The van der Waals surface area contributed by atoms with Crippen molar-refractivity contribution >= 4 is 104 Å². The van der Waals surface area contributed by atoms with Crippen molar-refractivity contribution < 1.29 is 9.59 Å². The van der Waals surface area contributed by atoms with Crippen LogP contribution in [0.2, 0.25) is 0 Å². The molecule has 194 valence electrons. The monoisotopic (exact) mass is 614 g/mol. The molecule has 4 unspecified atom stereocenters. The maximum absolute atomic E-state index is 11.7. The summed E-state index contributed by atoms with van der Waals surface area (Å²) in [5, 5.41) is 1.53. The van der Waals surface area contributed by atoms with Gasteiger partial charge in [-0.25, -0.2) is 0 Å². The summed E-state index contributed by atoms with van der Waals surface area (Å²) in [6.07, 6.45) is 5.20. The van der Waals surface area contributed by atoms with E-state index in [1.165, 1.54) is 83.7 Å². The summed E-state index contributed by atoms with van der Waals surface area (Å²) in [4.78, 5) is 23.4. The standard InChI is InChI=1S/C24H38O2S8/c1-17(2)23(25)31-15-19-13-29-21(33-19)7-5-9-27-11-12-28-10-6-8-22-30-14-20(34-22)16-32-24(26)18(3)4/h19-22H,1,3,5-16H2,2,4H3. The maximum atomic E-state index is 11.7. The zero-order valence-corrected chi connectivity index (χ0v) is 26.8. The lowest BCUT2D eigenvalue weighted by Crippen LogP contribution is -2.07. The van der Waals surface area contributed by atoms with Crippen molar-refractivity contribution in [3.8, 4) is 0 Å². The number of hydrogen-bond donors (Lipinski definition) is 0. The van der Waals surface area contributed by atoms with E-state index in [4.69, 9.17) is 0 Å². The van der Waals surface area contributed by atoms with Crippen molar-refractivity contribution in [2.24, 2.45) is 0 Å². The summed E-state index contributed by atoms with van der Waals surface area (Å²) in [6.45, 7) is 11.1. The van der Waals surface area contributed by atoms with E-state index in [-0.39, 0.29) is 10.2 Å². The Morgan fingerprint density at radius 3 is 1.53 bits per heavy atom. The Labute approximate surface area is 241 Å². The first kappa shape index (κ1) is 31.8. The van der Waals surface area contributed by atoms with Crippen molar-refractivity contribution in [3.05, 3.63) is 24.3 Å². The van der Waals surface area contributed by atoms with Crippen molar-refractivity contribution in [2.45, 2.75) is 59.2 Å². The van der Waals surface area contributed by atoms with Gasteiger partial charge in [-0.1, -0.05) is 36.7 Å². The third kappa shape index (κ3) is 14.0. The van der Waals surface area contributed by atoms with Crippen LogP contribution >= 0.6 is 94.1 Å². The van der Waals surface area contributed by atoms with E-state index in [9.17, 15) is 9.59 Å². The van der Waals surface area contributed by atoms with Crippen LogP contribution in [-0.4, -0.2) is 75.9 Å². The van der Waals surface area contributed by atoms with Crippen LogP contribution < -0.4 is 0 Å². The fourth-order valence-corrected chi connectivity index (χ4v) is 14.3. The quantitative estimate of drug-likeness (QED) is 0.119. The Morgan fingerprint density at radius 1 is 0.735 bits per heavy atom. The fourth-order valence-electron chi connectivity index (χ4n) is 3.10. The lowest BCUT2D eigenvalue weighted by atomic mass is 10.4. The minimum absolute atomic E-state index is 0.149. The number of carbonyl (C=O) groups excluding carboxylic acids is 2. The molecule has 0 saturated carbocycles. The Hall–Kier alpha value is 1.62. The van der Waals surface area contributed by atoms with Crippen LogP contribution in [0.15, 0.2) is 24.3 Å². The van der Waals surface area contributed by atoms with Gasteiger partial charge in [0.2, 0.25) is 10.2 Å². The minimum Gasteiger partial charge on any atom is -0.282 e. The normalized spacial score (nSPS) is 24.4. The first-order chi connectivity index (χ1) is 16.3. The lowest BCUT2D eigenvalue weighted by Gasteiger charge is -2.10. The van der Waals surface area contributed by atoms with Gasteiger partial charge in [-0.05, 0) is 62.2 Å². The maximum Gasteiger partial charge on any atom is 0.214 e. The van der Waals surface area contributed by atoms with Gasteiger partial charge in [0.05, 0.1) is 9.16 Å². The lowest BCUT2D eigenvalue weighted by molar-refractivity contribution is -0.108. The number of hydrogen-bond acceptors (Lipinski definition) is 10. The first-order valence-corrected chi connectivity index (χ1v) is 20.0. The Balaban J connectivity index is 1.35. The number of rotatable bonds is 17. The minimum atomic E-state index is 0.149. The zero-order valence-electron chi connectivity index (χ0n) is 20.3. The molecule has 0 N–H and O–H groups in total. The average molecular weight is 615 g/mol. The van der Waals surface area contributed by atoms with Crippen molar-refractivity contribution in [1.82, 2.24) is 0 Å². The highest BCUT2D eigenvalue weighted by Gasteiger charge is 2.27. The molecule has 2 aliphatic heterocycles. The van der Waals surface area contributed by atoms with Gasteiger partial charge < -0.3 is 0 Å². The molecular formula is C24H38O2S8. The summed E-state index contributed by atoms with van der Waals surface area (Å²) < 4.78 is 1.44. The molecule has 2 heterocycles. The summed E-state index contributed by atoms with van der Waals surface area (Å²) in [5.41, 5.74) is 1.33. The van der Waals surface area contributed by atoms with E-state index in [0.29, 0.717) is 21.6 Å². The Bertz CT molecular complexity index is 615. The van der Waals surface area contributed by atoms with E-state index in [1.54, 1.807) is 13.8 Å². The predicted molar refractivity (Wildman–Crippen MR) is 173 cm³/mol. The highest BCUT2D eigenvalue weighted by molar-refractivity contribution is 8.22. The van der Waals surface area contributed by atoms with E-state index >= 15 is 0 Å². The zero-order chi connectivity index (χ0) is 24.8. The van der Waals surface area contributed by atoms with Crippen molar-refractivity contribution in [3.63, 3.8) is 0 Å². The summed E-state index contributed by atoms with van der Waals surface area (Å²) in [6, 6.07) is 0. The molecule has 0 aromatic rings. The second-order valence-corrected chi connectivity index (χ2v) is 18.8. The third-order valence-corrected chi connectivity index (χ3v) is 17.0.